The maximum atomic E-state index is 8.43. The molecular formula is C22H30N4O. The van der Waals surface area contributed by atoms with Crippen LogP contribution >= 0.6 is 0 Å². The minimum absolute atomic E-state index is 0.552. The summed E-state index contributed by atoms with van der Waals surface area (Å²) in [5.41, 5.74) is 0.856. The van der Waals surface area contributed by atoms with Gasteiger partial charge in [0.1, 0.15) is 17.9 Å². The maximum Gasteiger partial charge on any atom is 0.131 e. The van der Waals surface area contributed by atoms with Crippen LogP contribution in [0.25, 0.3) is 12.2 Å². The standard InChI is InChI=1S/C22H30N4O/c1-3-5-6-7-8-21-18(4-2)9-12-26(21)16-20-15-19(17-27-20)22(23)25-13-10-24-11-14-25/h4,6-9,12,15,17,23-24H,3,5,10-11,13-14,16H2,1-2H3/b7-6-,18-4-,21-8+,23-22?. The minimum Gasteiger partial charge on any atom is -0.467 e. The van der Waals surface area contributed by atoms with Crippen LogP contribution in [-0.4, -0.2) is 41.5 Å². The predicted molar refractivity (Wildman–Crippen MR) is 111 cm³/mol. The fraction of sp³-hybridized carbons (Fsp3) is 0.409. The van der Waals surface area contributed by atoms with E-state index >= 15 is 0 Å². The van der Waals surface area contributed by atoms with Crippen molar-refractivity contribution in [1.82, 2.24) is 14.8 Å². The highest BCUT2D eigenvalue weighted by atomic mass is 16.3. The van der Waals surface area contributed by atoms with E-state index in [-0.39, 0.29) is 0 Å². The zero-order chi connectivity index (χ0) is 19.1. The van der Waals surface area contributed by atoms with Crippen molar-refractivity contribution in [1.29, 1.82) is 5.41 Å². The Bertz CT molecular complexity index is 897. The molecule has 0 atom stereocenters. The van der Waals surface area contributed by atoms with Gasteiger partial charge >= 0.3 is 0 Å². The van der Waals surface area contributed by atoms with Gasteiger partial charge in [-0.3, -0.25) is 5.41 Å². The molecule has 2 aromatic heterocycles. The SMILES string of the molecule is C/C=c1/ccn(Cc2cc(C(=N)N3CCNCC3)co2)/c1=C/C=C\CCC. The molecule has 0 amide bonds. The number of unbranched alkanes of at least 4 members (excludes halogenated alkanes) is 1. The second kappa shape index (κ2) is 9.42. The van der Waals surface area contributed by atoms with Crippen LogP contribution in [0.3, 0.4) is 0 Å². The Hall–Kier alpha value is -2.53. The van der Waals surface area contributed by atoms with Crippen LogP contribution in [0.5, 0.6) is 0 Å². The summed E-state index contributed by atoms with van der Waals surface area (Å²) in [6, 6.07) is 4.13. The van der Waals surface area contributed by atoms with Crippen molar-refractivity contribution in [2.45, 2.75) is 33.2 Å². The van der Waals surface area contributed by atoms with Crippen molar-refractivity contribution in [3.8, 4) is 0 Å². The first-order valence-electron chi connectivity index (χ1n) is 9.83. The highest BCUT2D eigenvalue weighted by Gasteiger charge is 2.16. The second-order valence-corrected chi connectivity index (χ2v) is 6.84. The molecule has 0 aromatic carbocycles. The molecule has 3 heterocycles. The van der Waals surface area contributed by atoms with Gasteiger partial charge in [0.2, 0.25) is 0 Å². The smallest absolute Gasteiger partial charge is 0.131 e. The lowest BCUT2D eigenvalue weighted by Gasteiger charge is -2.28. The van der Waals surface area contributed by atoms with E-state index in [4.69, 9.17) is 9.83 Å². The molecule has 0 radical (unpaired) electrons. The number of hydrogen-bond acceptors (Lipinski definition) is 3. The third-order valence-corrected chi connectivity index (χ3v) is 4.88. The van der Waals surface area contributed by atoms with E-state index in [0.29, 0.717) is 12.4 Å². The van der Waals surface area contributed by atoms with Gasteiger partial charge < -0.3 is 19.2 Å². The van der Waals surface area contributed by atoms with Crippen molar-refractivity contribution in [3.05, 3.63) is 58.6 Å². The third-order valence-electron chi connectivity index (χ3n) is 4.88. The normalized spacial score (nSPS) is 16.6. The number of furan rings is 1. The number of hydrogen-bond donors (Lipinski definition) is 2. The highest BCUT2D eigenvalue weighted by Crippen LogP contribution is 2.12. The number of piperazine rings is 1. The summed E-state index contributed by atoms with van der Waals surface area (Å²) in [6.07, 6.45) is 14.7. The lowest BCUT2D eigenvalue weighted by molar-refractivity contribution is 0.356. The van der Waals surface area contributed by atoms with E-state index in [2.05, 4.69) is 65.2 Å². The van der Waals surface area contributed by atoms with Gasteiger partial charge in [-0.15, -0.1) is 0 Å². The molecule has 144 valence electrons. The number of amidine groups is 1. The number of aromatic nitrogens is 1. The number of allylic oxidation sites excluding steroid dienone is 2. The van der Waals surface area contributed by atoms with Crippen LogP contribution < -0.4 is 15.9 Å². The molecule has 5 heteroatoms. The van der Waals surface area contributed by atoms with Crippen molar-refractivity contribution >= 4 is 18.0 Å². The number of nitrogens with one attached hydrogen (secondary N) is 2. The van der Waals surface area contributed by atoms with Gasteiger partial charge in [0.15, 0.2) is 0 Å². The number of nitrogens with zero attached hydrogens (tertiary/aromatic N) is 2. The molecule has 0 spiro atoms. The van der Waals surface area contributed by atoms with Gasteiger partial charge in [0, 0.05) is 37.7 Å². The van der Waals surface area contributed by atoms with Crippen LogP contribution in [0, 0.1) is 5.41 Å². The Labute approximate surface area is 161 Å². The van der Waals surface area contributed by atoms with E-state index in [0.717, 1.165) is 50.3 Å². The lowest BCUT2D eigenvalue weighted by atomic mass is 10.2. The van der Waals surface area contributed by atoms with Crippen molar-refractivity contribution in [2.75, 3.05) is 26.2 Å². The van der Waals surface area contributed by atoms with Gasteiger partial charge in [-0.25, -0.2) is 0 Å². The minimum atomic E-state index is 0.552. The van der Waals surface area contributed by atoms with E-state index in [9.17, 15) is 0 Å². The molecule has 5 nitrogen and oxygen atoms in total. The summed E-state index contributed by atoms with van der Waals surface area (Å²) in [4.78, 5) is 2.10. The Balaban J connectivity index is 1.77. The molecule has 27 heavy (non-hydrogen) atoms. The Morgan fingerprint density at radius 2 is 2.15 bits per heavy atom. The van der Waals surface area contributed by atoms with Gasteiger partial charge in [-0.05, 0) is 36.8 Å². The van der Waals surface area contributed by atoms with E-state index < -0.39 is 0 Å². The van der Waals surface area contributed by atoms with Crippen molar-refractivity contribution in [3.63, 3.8) is 0 Å². The molecule has 1 saturated heterocycles. The van der Waals surface area contributed by atoms with E-state index in [1.165, 1.54) is 10.6 Å². The van der Waals surface area contributed by atoms with Crippen LogP contribution in [0.15, 0.2) is 41.2 Å². The number of rotatable bonds is 6. The Morgan fingerprint density at radius 1 is 1.33 bits per heavy atom. The average Bonchev–Trinajstić information content (AvgIpc) is 3.33. The molecule has 1 aliphatic rings. The maximum absolute atomic E-state index is 8.43. The molecule has 0 aliphatic carbocycles. The summed E-state index contributed by atoms with van der Waals surface area (Å²) >= 11 is 0. The quantitative estimate of drug-likeness (QED) is 0.609. The van der Waals surface area contributed by atoms with Crippen LogP contribution in [0.1, 0.15) is 38.0 Å². The second-order valence-electron chi connectivity index (χ2n) is 6.84. The summed E-state index contributed by atoms with van der Waals surface area (Å²) in [5, 5.41) is 14.2. The monoisotopic (exact) mass is 366 g/mol. The fourth-order valence-electron chi connectivity index (χ4n) is 3.32. The van der Waals surface area contributed by atoms with Gasteiger partial charge in [-0.1, -0.05) is 31.6 Å². The summed E-state index contributed by atoms with van der Waals surface area (Å²) < 4.78 is 7.97. The molecule has 0 saturated carbocycles. The molecule has 1 aliphatic heterocycles. The third kappa shape index (κ3) is 4.80. The van der Waals surface area contributed by atoms with Gasteiger partial charge in [-0.2, -0.15) is 0 Å². The Morgan fingerprint density at radius 3 is 2.89 bits per heavy atom. The largest absolute Gasteiger partial charge is 0.467 e. The zero-order valence-corrected chi connectivity index (χ0v) is 16.4. The van der Waals surface area contributed by atoms with Gasteiger partial charge in [0.05, 0.1) is 12.1 Å². The van der Waals surface area contributed by atoms with Crippen LogP contribution in [0.2, 0.25) is 0 Å². The molecule has 0 unspecified atom stereocenters. The van der Waals surface area contributed by atoms with E-state index in [1.807, 2.05) is 6.07 Å². The first kappa shape index (κ1) is 19.2. The molecule has 1 fully saturated rings. The Kier molecular flexibility index (Phi) is 6.71. The molecule has 2 N–H and O–H groups in total. The predicted octanol–water partition coefficient (Wildman–Crippen LogP) is 2.30. The first-order chi connectivity index (χ1) is 13.2. The molecule has 3 rings (SSSR count). The zero-order valence-electron chi connectivity index (χ0n) is 16.4. The van der Waals surface area contributed by atoms with Gasteiger partial charge in [0.25, 0.3) is 0 Å². The van der Waals surface area contributed by atoms with E-state index in [1.54, 1.807) is 6.26 Å². The molecular weight excluding hydrogens is 336 g/mol. The van der Waals surface area contributed by atoms with Crippen molar-refractivity contribution < 1.29 is 4.42 Å². The van der Waals surface area contributed by atoms with Crippen molar-refractivity contribution in [2.24, 2.45) is 0 Å². The highest BCUT2D eigenvalue weighted by molar-refractivity contribution is 5.96. The summed E-state index contributed by atoms with van der Waals surface area (Å²) in [6.45, 7) is 8.51. The van der Waals surface area contributed by atoms with Crippen LogP contribution in [-0.2, 0) is 6.54 Å². The summed E-state index contributed by atoms with van der Waals surface area (Å²) in [5.74, 6) is 1.42. The first-order valence-corrected chi connectivity index (χ1v) is 9.83. The average molecular weight is 367 g/mol. The molecule has 0 bridgehead atoms. The lowest BCUT2D eigenvalue weighted by Crippen LogP contribution is -2.46. The van der Waals surface area contributed by atoms with Crippen LogP contribution in [0.4, 0.5) is 0 Å². The topological polar surface area (TPSA) is 57.2 Å². The summed E-state index contributed by atoms with van der Waals surface area (Å²) in [7, 11) is 0. The fourth-order valence-corrected chi connectivity index (χ4v) is 3.32. The molecule has 2 aromatic rings.